The Bertz CT molecular complexity index is 787. The molecule has 0 aliphatic heterocycles. The number of esters is 1. The summed E-state index contributed by atoms with van der Waals surface area (Å²) in [7, 11) is 0. The summed E-state index contributed by atoms with van der Waals surface area (Å²) >= 11 is 0. The molecule has 0 fully saturated rings. The van der Waals surface area contributed by atoms with E-state index in [1.807, 2.05) is 18.3 Å². The summed E-state index contributed by atoms with van der Waals surface area (Å²) in [6.45, 7) is 1.82. The van der Waals surface area contributed by atoms with Crippen LogP contribution in [0.25, 0.3) is 11.1 Å². The zero-order chi connectivity index (χ0) is 17.9. The number of carbonyl (C=O) groups is 2. The normalized spacial score (nSPS) is 11.0. The summed E-state index contributed by atoms with van der Waals surface area (Å²) in [4.78, 5) is 22.1. The molecule has 4 nitrogen and oxygen atoms in total. The van der Waals surface area contributed by atoms with Crippen LogP contribution in [0.2, 0.25) is 0 Å². The molecule has 0 saturated heterocycles. The molecule has 2 aromatic rings. The van der Waals surface area contributed by atoms with Gasteiger partial charge in [0.25, 0.3) is 0 Å². The third kappa shape index (κ3) is 4.31. The number of hydrogen-bond acceptors (Lipinski definition) is 3. The minimum atomic E-state index is -5.31. The van der Waals surface area contributed by atoms with Crippen molar-refractivity contribution in [1.29, 1.82) is 0 Å². The maximum atomic E-state index is 13.4. The molecule has 0 radical (unpaired) electrons. The lowest BCUT2D eigenvalue weighted by Crippen LogP contribution is -2.30. The number of halogens is 4. The number of rotatable bonds is 2. The molecule has 2 aromatic carbocycles. The van der Waals surface area contributed by atoms with Gasteiger partial charge < -0.3 is 4.74 Å². The number of ether oxygens (including phenoxy) is 1. The number of carbonyl (C=O) groups excluding carboxylic acids is 2. The van der Waals surface area contributed by atoms with Gasteiger partial charge in [-0.2, -0.15) is 13.2 Å². The van der Waals surface area contributed by atoms with Crippen LogP contribution in [-0.2, 0) is 9.53 Å². The number of anilines is 1. The van der Waals surface area contributed by atoms with Crippen molar-refractivity contribution < 1.29 is 31.9 Å². The van der Waals surface area contributed by atoms with Crippen molar-refractivity contribution in [3.63, 3.8) is 0 Å². The van der Waals surface area contributed by atoms with Crippen molar-refractivity contribution in [3.8, 4) is 11.1 Å². The Morgan fingerprint density at radius 1 is 1.08 bits per heavy atom. The molecule has 0 spiro atoms. The highest BCUT2D eigenvalue weighted by molar-refractivity contribution is 5.97. The highest BCUT2D eigenvalue weighted by Crippen LogP contribution is 2.29. The topological polar surface area (TPSA) is 55.4 Å². The molecule has 126 valence electrons. The van der Waals surface area contributed by atoms with E-state index >= 15 is 0 Å². The van der Waals surface area contributed by atoms with Gasteiger partial charge in [0.1, 0.15) is 5.82 Å². The third-order valence-electron chi connectivity index (χ3n) is 2.96. The van der Waals surface area contributed by atoms with Gasteiger partial charge in [-0.25, -0.2) is 14.0 Å². The van der Waals surface area contributed by atoms with Gasteiger partial charge in [-0.05, 0) is 30.7 Å². The first-order valence-corrected chi connectivity index (χ1v) is 6.63. The summed E-state index contributed by atoms with van der Waals surface area (Å²) in [5.41, 5.74) is 1.72. The van der Waals surface area contributed by atoms with Crippen molar-refractivity contribution in [1.82, 2.24) is 0 Å². The first kappa shape index (κ1) is 17.5. The van der Waals surface area contributed by atoms with Crippen LogP contribution in [-0.4, -0.2) is 18.2 Å². The van der Waals surface area contributed by atoms with E-state index in [-0.39, 0.29) is 5.69 Å². The Hall–Kier alpha value is -2.90. The lowest BCUT2D eigenvalue weighted by molar-refractivity contribution is -0.192. The average molecular weight is 341 g/mol. The smallest absolute Gasteiger partial charge is 0.369 e. The quantitative estimate of drug-likeness (QED) is 0.499. The van der Waals surface area contributed by atoms with Gasteiger partial charge in [-0.1, -0.05) is 29.8 Å². The summed E-state index contributed by atoms with van der Waals surface area (Å²) in [6, 6.07) is 10.4. The van der Waals surface area contributed by atoms with E-state index < -0.39 is 24.1 Å². The number of alkyl halides is 3. The van der Waals surface area contributed by atoms with Gasteiger partial charge in [0.15, 0.2) is 0 Å². The largest absolute Gasteiger partial charge is 0.491 e. The van der Waals surface area contributed by atoms with E-state index in [9.17, 15) is 27.2 Å². The fraction of sp³-hybridized carbons (Fsp3) is 0.125. The summed E-state index contributed by atoms with van der Waals surface area (Å²) in [6.07, 6.45) is -6.96. The molecular weight excluding hydrogens is 330 g/mol. The zero-order valence-corrected chi connectivity index (χ0v) is 12.3. The molecule has 0 bridgehead atoms. The first-order valence-electron chi connectivity index (χ1n) is 6.63. The van der Waals surface area contributed by atoms with E-state index in [1.54, 1.807) is 18.2 Å². The Kier molecular flexibility index (Phi) is 4.87. The predicted molar refractivity (Wildman–Crippen MR) is 77.7 cm³/mol. The maximum Gasteiger partial charge on any atom is 0.491 e. The molecule has 0 aliphatic carbocycles. The molecule has 2 rings (SSSR count). The van der Waals surface area contributed by atoms with Crippen LogP contribution in [0.3, 0.4) is 0 Å². The van der Waals surface area contributed by atoms with Crippen LogP contribution in [0.5, 0.6) is 0 Å². The van der Waals surface area contributed by atoms with E-state index in [2.05, 4.69) is 4.74 Å². The molecule has 0 atom stereocenters. The highest BCUT2D eigenvalue weighted by Gasteiger charge is 2.42. The van der Waals surface area contributed by atoms with Gasteiger partial charge in [0.05, 0.1) is 5.69 Å². The number of aryl methyl sites for hydroxylation is 1. The van der Waals surface area contributed by atoms with Gasteiger partial charge in [-0.3, -0.25) is 5.32 Å². The van der Waals surface area contributed by atoms with Crippen LogP contribution in [0.4, 0.5) is 28.0 Å². The monoisotopic (exact) mass is 341 g/mol. The molecular formula is C16H11F4NO3. The van der Waals surface area contributed by atoms with E-state index in [4.69, 9.17) is 0 Å². The maximum absolute atomic E-state index is 13.4. The second-order valence-electron chi connectivity index (χ2n) is 4.86. The zero-order valence-electron chi connectivity index (χ0n) is 12.3. The average Bonchev–Trinajstić information content (AvgIpc) is 2.46. The first-order chi connectivity index (χ1) is 11.2. The molecule has 1 amide bonds. The second kappa shape index (κ2) is 6.69. The molecule has 0 aromatic heterocycles. The van der Waals surface area contributed by atoms with Crippen molar-refractivity contribution in [3.05, 3.63) is 53.8 Å². The van der Waals surface area contributed by atoms with Gasteiger partial charge in [0, 0.05) is 5.56 Å². The van der Waals surface area contributed by atoms with Gasteiger partial charge in [-0.15, -0.1) is 0 Å². The van der Waals surface area contributed by atoms with Crippen molar-refractivity contribution in [2.24, 2.45) is 0 Å². The summed E-state index contributed by atoms with van der Waals surface area (Å²) in [5, 5.41) is 1.95. The van der Waals surface area contributed by atoms with Crippen molar-refractivity contribution >= 4 is 17.7 Å². The number of nitrogens with one attached hydrogen (secondary N) is 1. The lowest BCUT2D eigenvalue weighted by atomic mass is 10.0. The molecule has 0 heterocycles. The minimum absolute atomic E-state index is 0.124. The molecule has 0 unspecified atom stereocenters. The Labute approximate surface area is 134 Å². The molecule has 8 heteroatoms. The lowest BCUT2D eigenvalue weighted by Gasteiger charge is -2.12. The fourth-order valence-electron chi connectivity index (χ4n) is 1.96. The number of hydrogen-bond donors (Lipinski definition) is 1. The standard InChI is InChI=1S/C16H11F4NO3/c1-9-3-2-4-10(7-9)12-6-5-11(17)8-13(12)21-15(23)24-14(22)16(18,19)20/h2-8H,1H3,(H,21,23). The molecule has 0 aliphatic rings. The Morgan fingerprint density at radius 2 is 1.79 bits per heavy atom. The summed E-state index contributed by atoms with van der Waals surface area (Å²) < 4.78 is 53.3. The van der Waals surface area contributed by atoms with E-state index in [0.29, 0.717) is 11.1 Å². The SMILES string of the molecule is Cc1cccc(-c2ccc(F)cc2NC(=O)OC(=O)C(F)(F)F)c1. The van der Waals surface area contributed by atoms with Crippen LogP contribution < -0.4 is 5.32 Å². The van der Waals surface area contributed by atoms with Gasteiger partial charge >= 0.3 is 18.2 Å². The Balaban J connectivity index is 2.28. The Morgan fingerprint density at radius 3 is 2.42 bits per heavy atom. The third-order valence-corrected chi connectivity index (χ3v) is 2.96. The van der Waals surface area contributed by atoms with Crippen molar-refractivity contribution in [2.45, 2.75) is 13.1 Å². The number of benzene rings is 2. The molecule has 24 heavy (non-hydrogen) atoms. The second-order valence-corrected chi connectivity index (χ2v) is 4.86. The summed E-state index contributed by atoms with van der Waals surface area (Å²) in [5.74, 6) is -3.38. The molecule has 1 N–H and O–H groups in total. The minimum Gasteiger partial charge on any atom is -0.369 e. The van der Waals surface area contributed by atoms with Crippen LogP contribution in [0.1, 0.15) is 5.56 Å². The van der Waals surface area contributed by atoms with E-state index in [1.165, 1.54) is 6.07 Å². The van der Waals surface area contributed by atoms with Crippen molar-refractivity contribution in [2.75, 3.05) is 5.32 Å². The highest BCUT2D eigenvalue weighted by atomic mass is 19.4. The van der Waals surface area contributed by atoms with Crippen LogP contribution in [0, 0.1) is 12.7 Å². The van der Waals surface area contributed by atoms with Crippen LogP contribution in [0.15, 0.2) is 42.5 Å². The van der Waals surface area contributed by atoms with E-state index in [0.717, 1.165) is 17.7 Å². The van der Waals surface area contributed by atoms with Crippen LogP contribution >= 0.6 is 0 Å². The predicted octanol–water partition coefficient (Wildman–Crippen LogP) is 4.44. The number of amides is 1. The van der Waals surface area contributed by atoms with Gasteiger partial charge in [0.2, 0.25) is 0 Å². The fourth-order valence-corrected chi connectivity index (χ4v) is 1.96. The molecule has 0 saturated carbocycles.